The number of sulfone groups is 1. The molecule has 3 N–H and O–H groups in total. The van der Waals surface area contributed by atoms with Crippen LogP contribution in [0.4, 0.5) is 0 Å². The fourth-order valence-corrected chi connectivity index (χ4v) is 3.83. The van der Waals surface area contributed by atoms with E-state index in [1.807, 2.05) is 0 Å². The van der Waals surface area contributed by atoms with Gasteiger partial charge in [0.2, 0.25) is 9.84 Å². The number of carbonyl (C=O) groups excluding carboxylic acids is 1. The van der Waals surface area contributed by atoms with E-state index in [1.165, 1.54) is 23.8 Å². The summed E-state index contributed by atoms with van der Waals surface area (Å²) in [5.74, 6) is -0.645. The molecule has 1 aromatic heterocycles. The normalized spacial score (nSPS) is 11.9. The van der Waals surface area contributed by atoms with Crippen LogP contribution in [-0.2, 0) is 14.6 Å². The first-order valence-electron chi connectivity index (χ1n) is 7.06. The summed E-state index contributed by atoms with van der Waals surface area (Å²) in [6, 6.07) is 13.3. The average Bonchev–Trinajstić information content (AvgIpc) is 3.04. The van der Waals surface area contributed by atoms with E-state index in [-0.39, 0.29) is 9.79 Å². The Labute approximate surface area is 138 Å². The van der Waals surface area contributed by atoms with Crippen molar-refractivity contribution in [1.82, 2.24) is 10.5 Å². The first-order valence-corrected chi connectivity index (χ1v) is 8.54. The highest BCUT2D eigenvalue weighted by atomic mass is 32.2. The van der Waals surface area contributed by atoms with E-state index >= 15 is 0 Å². The van der Waals surface area contributed by atoms with Gasteiger partial charge in [-0.15, -0.1) is 0 Å². The minimum absolute atomic E-state index is 0.201. The summed E-state index contributed by atoms with van der Waals surface area (Å²) in [6.07, 6.45) is 4.14. The van der Waals surface area contributed by atoms with Crippen LogP contribution in [0.2, 0.25) is 0 Å². The monoisotopic (exact) mass is 342 g/mol. The molecule has 0 aliphatic heterocycles. The molecule has 7 heteroatoms. The van der Waals surface area contributed by atoms with Gasteiger partial charge in [0.1, 0.15) is 0 Å². The van der Waals surface area contributed by atoms with E-state index in [0.717, 1.165) is 0 Å². The smallest absolute Gasteiger partial charge is 0.267 e. The predicted molar refractivity (Wildman–Crippen MR) is 89.2 cm³/mol. The number of hydroxylamine groups is 1. The minimum atomic E-state index is -3.61. The molecule has 0 aliphatic carbocycles. The van der Waals surface area contributed by atoms with Crippen molar-refractivity contribution in [2.24, 2.45) is 0 Å². The maximum Gasteiger partial charge on any atom is 0.267 e. The number of aromatic amines is 1. The first-order chi connectivity index (χ1) is 11.5. The Hall–Kier alpha value is -2.90. The summed E-state index contributed by atoms with van der Waals surface area (Å²) in [5, 5.41) is 9.03. The van der Waals surface area contributed by atoms with Crippen LogP contribution >= 0.6 is 0 Å². The van der Waals surface area contributed by atoms with Crippen molar-refractivity contribution in [2.75, 3.05) is 0 Å². The SMILES string of the molecule is O=C(C=Cc1ccc2c(S(=O)(=O)c3ccccc3)c[nH]c2c1)NO. The number of benzene rings is 2. The lowest BCUT2D eigenvalue weighted by Crippen LogP contribution is -2.14. The first kappa shape index (κ1) is 16.0. The summed E-state index contributed by atoms with van der Waals surface area (Å²) >= 11 is 0. The molecule has 0 saturated heterocycles. The number of hydrogen-bond acceptors (Lipinski definition) is 4. The van der Waals surface area contributed by atoms with E-state index in [4.69, 9.17) is 5.21 Å². The average molecular weight is 342 g/mol. The fraction of sp³-hybridized carbons (Fsp3) is 0. The molecule has 0 spiro atoms. The van der Waals surface area contributed by atoms with E-state index in [0.29, 0.717) is 16.5 Å². The molecule has 3 aromatic rings. The highest BCUT2D eigenvalue weighted by Gasteiger charge is 2.21. The van der Waals surface area contributed by atoms with Gasteiger partial charge in [-0.05, 0) is 29.8 Å². The Bertz CT molecular complexity index is 1020. The zero-order chi connectivity index (χ0) is 17.2. The van der Waals surface area contributed by atoms with Gasteiger partial charge in [-0.2, -0.15) is 0 Å². The zero-order valence-corrected chi connectivity index (χ0v) is 13.2. The lowest BCUT2D eigenvalue weighted by atomic mass is 10.1. The predicted octanol–water partition coefficient (Wildman–Crippen LogP) is 2.52. The van der Waals surface area contributed by atoms with Crippen LogP contribution in [0.1, 0.15) is 5.56 Å². The maximum absolute atomic E-state index is 12.7. The molecule has 0 fully saturated rings. The van der Waals surface area contributed by atoms with Crippen molar-refractivity contribution < 1.29 is 18.4 Å². The van der Waals surface area contributed by atoms with Gasteiger partial charge in [0.25, 0.3) is 5.91 Å². The van der Waals surface area contributed by atoms with Crippen LogP contribution in [0.15, 0.2) is 70.6 Å². The van der Waals surface area contributed by atoms with Gasteiger partial charge in [-0.1, -0.05) is 30.3 Å². The van der Waals surface area contributed by atoms with Gasteiger partial charge >= 0.3 is 0 Å². The molecule has 0 unspecified atom stereocenters. The molecular formula is C17H14N2O4S. The number of aromatic nitrogens is 1. The van der Waals surface area contributed by atoms with Crippen molar-refractivity contribution in [3.63, 3.8) is 0 Å². The molecule has 0 bridgehead atoms. The zero-order valence-electron chi connectivity index (χ0n) is 12.4. The number of carbonyl (C=O) groups is 1. The number of nitrogens with one attached hydrogen (secondary N) is 2. The Morgan fingerprint density at radius 2 is 1.88 bits per heavy atom. The highest BCUT2D eigenvalue weighted by molar-refractivity contribution is 7.91. The van der Waals surface area contributed by atoms with Crippen LogP contribution in [0, 0.1) is 0 Å². The molecule has 3 rings (SSSR count). The summed E-state index contributed by atoms with van der Waals surface area (Å²) in [4.78, 5) is 14.4. The Morgan fingerprint density at radius 1 is 1.12 bits per heavy atom. The number of rotatable bonds is 4. The number of fused-ring (bicyclic) bond motifs is 1. The van der Waals surface area contributed by atoms with Crippen LogP contribution < -0.4 is 5.48 Å². The molecule has 1 heterocycles. The Balaban J connectivity index is 2.03. The van der Waals surface area contributed by atoms with Crippen LogP contribution in [0.3, 0.4) is 0 Å². The van der Waals surface area contributed by atoms with Crippen LogP contribution in [0.5, 0.6) is 0 Å². The van der Waals surface area contributed by atoms with Crippen molar-refractivity contribution in [1.29, 1.82) is 0 Å². The second kappa shape index (κ2) is 6.31. The van der Waals surface area contributed by atoms with E-state index in [2.05, 4.69) is 4.98 Å². The van der Waals surface area contributed by atoms with Crippen LogP contribution in [-0.4, -0.2) is 24.5 Å². The molecule has 0 atom stereocenters. The maximum atomic E-state index is 12.7. The van der Waals surface area contributed by atoms with Crippen molar-refractivity contribution in [3.05, 3.63) is 66.4 Å². The summed E-state index contributed by atoms with van der Waals surface area (Å²) < 4.78 is 25.5. The van der Waals surface area contributed by atoms with Gasteiger partial charge in [0.05, 0.1) is 9.79 Å². The molecule has 2 aromatic carbocycles. The number of H-pyrrole nitrogens is 1. The third-order valence-electron chi connectivity index (χ3n) is 3.55. The Kier molecular flexibility index (Phi) is 4.20. The molecule has 0 aliphatic rings. The summed E-state index contributed by atoms with van der Waals surface area (Å²) in [6.45, 7) is 0. The second-order valence-corrected chi connectivity index (χ2v) is 7.00. The fourth-order valence-electron chi connectivity index (χ4n) is 2.38. The molecule has 24 heavy (non-hydrogen) atoms. The molecule has 0 saturated carbocycles. The topological polar surface area (TPSA) is 99.3 Å². The van der Waals surface area contributed by atoms with E-state index < -0.39 is 15.7 Å². The van der Waals surface area contributed by atoms with E-state index in [1.54, 1.807) is 48.5 Å². The summed E-state index contributed by atoms with van der Waals surface area (Å²) in [7, 11) is -3.61. The van der Waals surface area contributed by atoms with Gasteiger partial charge < -0.3 is 4.98 Å². The van der Waals surface area contributed by atoms with Gasteiger partial charge in [-0.3, -0.25) is 10.0 Å². The largest absolute Gasteiger partial charge is 0.360 e. The number of amides is 1. The van der Waals surface area contributed by atoms with Gasteiger partial charge in [-0.25, -0.2) is 13.9 Å². The third kappa shape index (κ3) is 2.94. The van der Waals surface area contributed by atoms with E-state index in [9.17, 15) is 13.2 Å². The summed E-state index contributed by atoms with van der Waals surface area (Å²) in [5.41, 5.74) is 2.83. The third-order valence-corrected chi connectivity index (χ3v) is 5.36. The second-order valence-electron chi connectivity index (χ2n) is 5.08. The quantitative estimate of drug-likeness (QED) is 0.385. The lowest BCUT2D eigenvalue weighted by Gasteiger charge is -2.03. The molecule has 1 amide bonds. The molecule has 6 nitrogen and oxygen atoms in total. The van der Waals surface area contributed by atoms with Crippen molar-refractivity contribution in [2.45, 2.75) is 9.79 Å². The lowest BCUT2D eigenvalue weighted by molar-refractivity contribution is -0.124. The molecule has 122 valence electrons. The molecular weight excluding hydrogens is 328 g/mol. The Morgan fingerprint density at radius 3 is 2.58 bits per heavy atom. The minimum Gasteiger partial charge on any atom is -0.360 e. The number of hydrogen-bond donors (Lipinski definition) is 3. The van der Waals surface area contributed by atoms with Crippen molar-refractivity contribution in [3.8, 4) is 0 Å². The van der Waals surface area contributed by atoms with Crippen LogP contribution in [0.25, 0.3) is 17.0 Å². The van der Waals surface area contributed by atoms with Crippen molar-refractivity contribution >= 4 is 32.7 Å². The van der Waals surface area contributed by atoms with Gasteiger partial charge in [0.15, 0.2) is 0 Å². The standard InChI is InChI=1S/C17H14N2O4S/c20-17(19-21)9-7-12-6-8-14-15(10-12)18-11-16(14)24(22,23)13-4-2-1-3-5-13/h1-11,18,21H,(H,19,20). The highest BCUT2D eigenvalue weighted by Crippen LogP contribution is 2.28. The van der Waals surface area contributed by atoms with Gasteiger partial charge in [0, 0.05) is 23.2 Å². The molecule has 0 radical (unpaired) electrons.